The molecule has 0 bridgehead atoms. The van der Waals surface area contributed by atoms with Crippen LogP contribution < -0.4 is 5.32 Å². The maximum Gasteiger partial charge on any atom is 0.221 e. The van der Waals surface area contributed by atoms with Gasteiger partial charge in [0.2, 0.25) is 5.91 Å². The monoisotopic (exact) mass is 227 g/mol. The van der Waals surface area contributed by atoms with E-state index in [1.165, 1.54) is 0 Å². The molecule has 0 atom stereocenters. The number of amides is 1. The highest BCUT2D eigenvalue weighted by Crippen LogP contribution is 1.94. The Kier molecular flexibility index (Phi) is 4.55. The second-order valence-electron chi connectivity index (χ2n) is 3.91. The second-order valence-corrected chi connectivity index (χ2v) is 4.29. The first-order chi connectivity index (χ1) is 7.09. The average Bonchev–Trinajstić information content (AvgIpc) is 2.58. The topological polar surface area (TPSA) is 49.8 Å². The number of nitrogens with zero attached hydrogens (tertiary/aromatic N) is 1. The summed E-state index contributed by atoms with van der Waals surface area (Å²) in [6.07, 6.45) is 4.09. The highest BCUT2D eigenvalue weighted by atomic mass is 32.1. The van der Waals surface area contributed by atoms with Gasteiger partial charge in [-0.1, -0.05) is 13.8 Å². The number of hydrogen-bond acceptors (Lipinski definition) is 2. The van der Waals surface area contributed by atoms with E-state index in [1.807, 2.05) is 10.8 Å². The molecule has 0 aliphatic rings. The third-order valence-corrected chi connectivity index (χ3v) is 2.36. The molecule has 15 heavy (non-hydrogen) atoms. The highest BCUT2D eigenvalue weighted by Gasteiger charge is 2.02. The first-order valence-electron chi connectivity index (χ1n) is 5.10. The van der Waals surface area contributed by atoms with E-state index >= 15 is 0 Å². The van der Waals surface area contributed by atoms with E-state index in [0.717, 1.165) is 6.54 Å². The molecule has 4 nitrogen and oxygen atoms in total. The van der Waals surface area contributed by atoms with Crippen molar-refractivity contribution in [1.29, 1.82) is 0 Å². The van der Waals surface area contributed by atoms with Gasteiger partial charge in [-0.3, -0.25) is 4.79 Å². The fourth-order valence-electron chi connectivity index (χ4n) is 1.15. The van der Waals surface area contributed by atoms with Gasteiger partial charge in [-0.2, -0.15) is 0 Å². The van der Waals surface area contributed by atoms with Gasteiger partial charge in [0, 0.05) is 31.9 Å². The minimum Gasteiger partial charge on any atom is -0.356 e. The number of nitrogens with one attached hydrogen (secondary N) is 2. The molecule has 0 unspecified atom stereocenters. The molecule has 0 radical (unpaired) electrons. The molecular weight excluding hydrogens is 210 g/mol. The third-order valence-electron chi connectivity index (χ3n) is 2.01. The first kappa shape index (κ1) is 12.0. The average molecular weight is 227 g/mol. The molecule has 0 aliphatic carbocycles. The Bertz CT molecular complexity index is 367. The number of aryl methyl sites for hydroxylation is 1. The van der Waals surface area contributed by atoms with Crippen LogP contribution in [-0.2, 0) is 11.3 Å². The predicted octanol–water partition coefficient (Wildman–Crippen LogP) is 1.71. The van der Waals surface area contributed by atoms with Crippen LogP contribution in [0.2, 0.25) is 0 Å². The van der Waals surface area contributed by atoms with Gasteiger partial charge >= 0.3 is 0 Å². The van der Waals surface area contributed by atoms with Gasteiger partial charge in [0.25, 0.3) is 0 Å². The molecule has 0 aliphatic heterocycles. The van der Waals surface area contributed by atoms with Gasteiger partial charge < -0.3 is 14.9 Å². The van der Waals surface area contributed by atoms with Crippen LogP contribution in [0.5, 0.6) is 0 Å². The normalized spacial score (nSPS) is 10.6. The van der Waals surface area contributed by atoms with E-state index in [9.17, 15) is 4.79 Å². The van der Waals surface area contributed by atoms with Crippen LogP contribution in [-0.4, -0.2) is 22.0 Å². The molecule has 5 heteroatoms. The summed E-state index contributed by atoms with van der Waals surface area (Å²) in [5.74, 6) is 0.565. The molecular formula is C10H17N3OS. The number of carbonyl (C=O) groups excluding carboxylic acids is 1. The molecule has 0 fully saturated rings. The van der Waals surface area contributed by atoms with Crippen molar-refractivity contribution in [2.24, 2.45) is 5.92 Å². The van der Waals surface area contributed by atoms with Gasteiger partial charge in [0.05, 0.1) is 0 Å². The lowest BCUT2D eigenvalue weighted by atomic mass is 10.2. The number of aromatic nitrogens is 2. The van der Waals surface area contributed by atoms with E-state index in [2.05, 4.69) is 24.1 Å². The smallest absolute Gasteiger partial charge is 0.221 e. The van der Waals surface area contributed by atoms with Crippen LogP contribution in [0.4, 0.5) is 0 Å². The molecule has 1 amide bonds. The summed E-state index contributed by atoms with van der Waals surface area (Å²) in [6.45, 7) is 5.51. The summed E-state index contributed by atoms with van der Waals surface area (Å²) < 4.78 is 2.51. The maximum atomic E-state index is 11.4. The summed E-state index contributed by atoms with van der Waals surface area (Å²) in [5.41, 5.74) is 0. The Morgan fingerprint density at radius 3 is 2.93 bits per heavy atom. The number of hydrogen-bond donors (Lipinski definition) is 2. The number of carbonyl (C=O) groups is 1. The Morgan fingerprint density at radius 1 is 1.67 bits per heavy atom. The number of imidazole rings is 1. The minimum absolute atomic E-state index is 0.0757. The van der Waals surface area contributed by atoms with Crippen molar-refractivity contribution < 1.29 is 4.79 Å². The van der Waals surface area contributed by atoms with Crippen LogP contribution in [0.15, 0.2) is 12.4 Å². The number of H-pyrrole nitrogens is 1. The summed E-state index contributed by atoms with van der Waals surface area (Å²) in [6, 6.07) is 0. The van der Waals surface area contributed by atoms with Crippen LogP contribution in [0.25, 0.3) is 0 Å². The van der Waals surface area contributed by atoms with Crippen LogP contribution >= 0.6 is 12.2 Å². The fourth-order valence-corrected chi connectivity index (χ4v) is 1.37. The third kappa shape index (κ3) is 4.29. The van der Waals surface area contributed by atoms with E-state index in [0.29, 0.717) is 23.7 Å². The Labute approximate surface area is 94.7 Å². The zero-order chi connectivity index (χ0) is 11.3. The fraction of sp³-hybridized carbons (Fsp3) is 0.600. The molecule has 2 N–H and O–H groups in total. The standard InChI is InChI=1S/C10H17N3OS/c1-8(2)7-12-9(14)3-5-13-6-4-11-10(13)15/h4,6,8H,3,5,7H2,1-2H3,(H,11,15)(H,12,14). The lowest BCUT2D eigenvalue weighted by molar-refractivity contribution is -0.121. The van der Waals surface area contributed by atoms with Crippen molar-refractivity contribution in [2.75, 3.05) is 6.54 Å². The van der Waals surface area contributed by atoms with Crippen molar-refractivity contribution in [1.82, 2.24) is 14.9 Å². The molecule has 1 heterocycles. The zero-order valence-electron chi connectivity index (χ0n) is 9.12. The molecule has 0 saturated carbocycles. The minimum atomic E-state index is 0.0757. The molecule has 0 aromatic carbocycles. The van der Waals surface area contributed by atoms with Crippen molar-refractivity contribution in [3.63, 3.8) is 0 Å². The van der Waals surface area contributed by atoms with Crippen molar-refractivity contribution in [3.8, 4) is 0 Å². The van der Waals surface area contributed by atoms with Gasteiger partial charge in [-0.15, -0.1) is 0 Å². The van der Waals surface area contributed by atoms with Crippen LogP contribution in [0.3, 0.4) is 0 Å². The van der Waals surface area contributed by atoms with Crippen LogP contribution in [0, 0.1) is 10.7 Å². The van der Waals surface area contributed by atoms with Gasteiger partial charge in [-0.05, 0) is 18.1 Å². The summed E-state index contributed by atoms with van der Waals surface area (Å²) in [4.78, 5) is 14.3. The summed E-state index contributed by atoms with van der Waals surface area (Å²) >= 11 is 5.02. The van der Waals surface area contributed by atoms with Gasteiger partial charge in [-0.25, -0.2) is 0 Å². The molecule has 0 spiro atoms. The van der Waals surface area contributed by atoms with E-state index in [1.54, 1.807) is 6.20 Å². The van der Waals surface area contributed by atoms with Gasteiger partial charge in [0.15, 0.2) is 4.77 Å². The first-order valence-corrected chi connectivity index (χ1v) is 5.51. The second kappa shape index (κ2) is 5.70. The van der Waals surface area contributed by atoms with E-state index < -0.39 is 0 Å². The lowest BCUT2D eigenvalue weighted by Crippen LogP contribution is -2.28. The molecule has 0 saturated heterocycles. The quantitative estimate of drug-likeness (QED) is 0.752. The molecule has 1 rings (SSSR count). The summed E-state index contributed by atoms with van der Waals surface area (Å²) in [7, 11) is 0. The largest absolute Gasteiger partial charge is 0.356 e. The molecule has 1 aromatic rings. The Hall–Kier alpha value is -1.10. The van der Waals surface area contributed by atoms with Crippen molar-refractivity contribution >= 4 is 18.1 Å². The van der Waals surface area contributed by atoms with E-state index in [-0.39, 0.29) is 5.91 Å². The Balaban J connectivity index is 2.29. The van der Waals surface area contributed by atoms with Crippen LogP contribution in [0.1, 0.15) is 20.3 Å². The highest BCUT2D eigenvalue weighted by molar-refractivity contribution is 7.71. The number of rotatable bonds is 5. The molecule has 1 aromatic heterocycles. The van der Waals surface area contributed by atoms with E-state index in [4.69, 9.17) is 12.2 Å². The zero-order valence-corrected chi connectivity index (χ0v) is 9.93. The van der Waals surface area contributed by atoms with Gasteiger partial charge in [0.1, 0.15) is 0 Å². The SMILES string of the molecule is CC(C)CNC(=O)CCn1cc[nH]c1=S. The predicted molar refractivity (Wildman–Crippen MR) is 62.1 cm³/mol. The molecule has 84 valence electrons. The lowest BCUT2D eigenvalue weighted by Gasteiger charge is -2.07. The summed E-state index contributed by atoms with van der Waals surface area (Å²) in [5, 5.41) is 2.87. The maximum absolute atomic E-state index is 11.4. The van der Waals surface area contributed by atoms with Crippen molar-refractivity contribution in [2.45, 2.75) is 26.8 Å². The Morgan fingerprint density at radius 2 is 2.40 bits per heavy atom. The number of aromatic amines is 1. The van der Waals surface area contributed by atoms with Crippen molar-refractivity contribution in [3.05, 3.63) is 17.2 Å².